The highest BCUT2D eigenvalue weighted by Gasteiger charge is 2.21. The van der Waals surface area contributed by atoms with Crippen LogP contribution in [0.25, 0.3) is 0 Å². The monoisotopic (exact) mass is 224 g/mol. The number of nitrogens with one attached hydrogen (secondary N) is 1. The molecule has 1 aromatic carbocycles. The zero-order valence-electron chi connectivity index (χ0n) is 9.77. The fourth-order valence-corrected chi connectivity index (χ4v) is 1.73. The van der Waals surface area contributed by atoms with Crippen molar-refractivity contribution in [1.29, 1.82) is 0 Å². The van der Waals surface area contributed by atoms with Crippen molar-refractivity contribution in [2.24, 2.45) is 5.73 Å². The molecule has 5 N–H and O–H groups in total. The van der Waals surface area contributed by atoms with Gasteiger partial charge >= 0.3 is 0 Å². The number of aliphatic hydroxyl groups excluding tert-OH is 1. The average molecular weight is 224 g/mol. The molecule has 0 radical (unpaired) electrons. The van der Waals surface area contributed by atoms with Crippen molar-refractivity contribution in [2.45, 2.75) is 25.5 Å². The van der Waals surface area contributed by atoms with Gasteiger partial charge in [-0.1, -0.05) is 12.1 Å². The lowest BCUT2D eigenvalue weighted by Gasteiger charge is -2.21. The summed E-state index contributed by atoms with van der Waals surface area (Å²) in [7, 11) is 1.84. The average Bonchev–Trinajstić information content (AvgIpc) is 2.25. The van der Waals surface area contributed by atoms with Crippen molar-refractivity contribution in [2.75, 3.05) is 13.6 Å². The summed E-state index contributed by atoms with van der Waals surface area (Å²) in [5.41, 5.74) is 7.26. The Hall–Kier alpha value is -1.10. The number of rotatable bonds is 5. The summed E-state index contributed by atoms with van der Waals surface area (Å²) >= 11 is 0. The van der Waals surface area contributed by atoms with Crippen LogP contribution in [0.2, 0.25) is 0 Å². The van der Waals surface area contributed by atoms with E-state index in [1.165, 1.54) is 0 Å². The Morgan fingerprint density at radius 2 is 2.12 bits per heavy atom. The minimum absolute atomic E-state index is 0.104. The van der Waals surface area contributed by atoms with Gasteiger partial charge in [-0.2, -0.15) is 0 Å². The zero-order valence-corrected chi connectivity index (χ0v) is 9.77. The van der Waals surface area contributed by atoms with Gasteiger partial charge in [0.1, 0.15) is 5.75 Å². The molecule has 0 aliphatic rings. The predicted molar refractivity (Wildman–Crippen MR) is 64.3 cm³/mol. The van der Waals surface area contributed by atoms with Crippen LogP contribution in [0.5, 0.6) is 5.75 Å². The van der Waals surface area contributed by atoms with Crippen LogP contribution < -0.4 is 11.1 Å². The van der Waals surface area contributed by atoms with Gasteiger partial charge in [-0.05, 0) is 38.6 Å². The predicted octanol–water partition coefficient (Wildman–Crippen LogP) is 0.671. The summed E-state index contributed by atoms with van der Waals surface area (Å²) in [5, 5.41) is 22.7. The number of phenolic OH excluding ortho intramolecular Hbond substituents is 1. The minimum atomic E-state index is -0.824. The molecule has 0 saturated heterocycles. The molecule has 0 saturated carbocycles. The van der Waals surface area contributed by atoms with Crippen LogP contribution in [-0.2, 0) is 0 Å². The van der Waals surface area contributed by atoms with Gasteiger partial charge < -0.3 is 21.3 Å². The molecule has 1 aromatic rings. The Morgan fingerprint density at radius 3 is 2.69 bits per heavy atom. The number of benzene rings is 1. The maximum absolute atomic E-state index is 10.1. The van der Waals surface area contributed by atoms with Gasteiger partial charge in [-0.3, -0.25) is 0 Å². The van der Waals surface area contributed by atoms with Gasteiger partial charge in [0.15, 0.2) is 0 Å². The Kier molecular flexibility index (Phi) is 4.73. The summed E-state index contributed by atoms with van der Waals surface area (Å²) < 4.78 is 0. The van der Waals surface area contributed by atoms with E-state index in [0.717, 1.165) is 12.1 Å². The van der Waals surface area contributed by atoms with Crippen molar-refractivity contribution in [3.63, 3.8) is 0 Å². The molecule has 4 heteroatoms. The lowest BCUT2D eigenvalue weighted by Crippen LogP contribution is -2.32. The maximum Gasteiger partial charge on any atom is 0.121 e. The van der Waals surface area contributed by atoms with Crippen LogP contribution in [0.1, 0.15) is 23.7 Å². The topological polar surface area (TPSA) is 78.5 Å². The second kappa shape index (κ2) is 5.84. The second-order valence-corrected chi connectivity index (χ2v) is 4.01. The van der Waals surface area contributed by atoms with Gasteiger partial charge in [0.05, 0.1) is 6.10 Å². The van der Waals surface area contributed by atoms with Gasteiger partial charge in [-0.25, -0.2) is 0 Å². The fourth-order valence-electron chi connectivity index (χ4n) is 1.73. The van der Waals surface area contributed by atoms with Gasteiger partial charge in [0, 0.05) is 11.6 Å². The molecule has 90 valence electrons. The molecule has 0 spiro atoms. The number of aromatic hydroxyl groups is 1. The van der Waals surface area contributed by atoms with E-state index in [2.05, 4.69) is 5.32 Å². The summed E-state index contributed by atoms with van der Waals surface area (Å²) in [4.78, 5) is 0. The molecule has 0 bridgehead atoms. The van der Waals surface area contributed by atoms with E-state index >= 15 is 0 Å². The molecule has 0 aliphatic heterocycles. The van der Waals surface area contributed by atoms with E-state index in [-0.39, 0.29) is 11.8 Å². The van der Waals surface area contributed by atoms with Crippen molar-refractivity contribution >= 4 is 0 Å². The highest BCUT2D eigenvalue weighted by Crippen LogP contribution is 2.29. The molecule has 0 fully saturated rings. The zero-order chi connectivity index (χ0) is 12.1. The van der Waals surface area contributed by atoms with E-state index in [0.29, 0.717) is 12.0 Å². The smallest absolute Gasteiger partial charge is 0.121 e. The van der Waals surface area contributed by atoms with Crippen LogP contribution in [0.4, 0.5) is 0 Å². The Morgan fingerprint density at radius 1 is 1.44 bits per heavy atom. The standard InChI is InChI=1S/C12H20N2O2/c1-8-4-3-5-10(15)11(8)12(16)9(13)6-7-14-2/h3-5,9,12,14-16H,6-7,13H2,1-2H3. The van der Waals surface area contributed by atoms with Crippen molar-refractivity contribution in [3.8, 4) is 5.75 Å². The van der Waals surface area contributed by atoms with Crippen LogP contribution in [-0.4, -0.2) is 29.8 Å². The van der Waals surface area contributed by atoms with Crippen LogP contribution >= 0.6 is 0 Å². The lowest BCUT2D eigenvalue weighted by atomic mass is 9.95. The van der Waals surface area contributed by atoms with Gasteiger partial charge in [0.2, 0.25) is 0 Å². The molecule has 16 heavy (non-hydrogen) atoms. The number of aliphatic hydroxyl groups is 1. The first kappa shape index (κ1) is 13.0. The van der Waals surface area contributed by atoms with E-state index < -0.39 is 6.10 Å². The summed E-state index contributed by atoms with van der Waals surface area (Å²) in [5.74, 6) is 0.104. The first-order chi connectivity index (χ1) is 7.57. The molecule has 0 aliphatic carbocycles. The second-order valence-electron chi connectivity index (χ2n) is 4.01. The molecule has 2 unspecified atom stereocenters. The number of hydrogen-bond acceptors (Lipinski definition) is 4. The molecule has 0 heterocycles. The third-order valence-electron chi connectivity index (χ3n) is 2.73. The fraction of sp³-hybridized carbons (Fsp3) is 0.500. The third-order valence-corrected chi connectivity index (χ3v) is 2.73. The molecule has 0 aromatic heterocycles. The Balaban J connectivity index is 2.82. The first-order valence-corrected chi connectivity index (χ1v) is 5.44. The molecule has 4 nitrogen and oxygen atoms in total. The number of nitrogens with two attached hydrogens (primary N) is 1. The van der Waals surface area contributed by atoms with Crippen LogP contribution in [0.15, 0.2) is 18.2 Å². The molecule has 2 atom stereocenters. The highest BCUT2D eigenvalue weighted by molar-refractivity contribution is 5.40. The number of hydrogen-bond donors (Lipinski definition) is 4. The van der Waals surface area contributed by atoms with Crippen molar-refractivity contribution < 1.29 is 10.2 Å². The van der Waals surface area contributed by atoms with E-state index in [1.807, 2.05) is 20.0 Å². The number of phenols is 1. The molecular weight excluding hydrogens is 204 g/mol. The third kappa shape index (κ3) is 2.95. The number of aryl methyl sites for hydroxylation is 1. The van der Waals surface area contributed by atoms with E-state index in [9.17, 15) is 10.2 Å². The normalized spacial score (nSPS) is 14.8. The lowest BCUT2D eigenvalue weighted by molar-refractivity contribution is 0.138. The SMILES string of the molecule is CNCCC(N)C(O)c1c(C)cccc1O. The maximum atomic E-state index is 10.1. The van der Waals surface area contributed by atoms with Gasteiger partial charge in [0.25, 0.3) is 0 Å². The quantitative estimate of drug-likeness (QED) is 0.593. The highest BCUT2D eigenvalue weighted by atomic mass is 16.3. The molecule has 0 amide bonds. The van der Waals surface area contributed by atoms with Crippen LogP contribution in [0.3, 0.4) is 0 Å². The molecular formula is C12H20N2O2. The Bertz CT molecular complexity index is 322. The van der Waals surface area contributed by atoms with Crippen molar-refractivity contribution in [1.82, 2.24) is 5.32 Å². The van der Waals surface area contributed by atoms with Crippen LogP contribution in [0, 0.1) is 6.92 Å². The van der Waals surface area contributed by atoms with Crippen molar-refractivity contribution in [3.05, 3.63) is 29.3 Å². The van der Waals surface area contributed by atoms with E-state index in [4.69, 9.17) is 5.73 Å². The minimum Gasteiger partial charge on any atom is -0.508 e. The summed E-state index contributed by atoms with van der Waals surface area (Å²) in [6.45, 7) is 2.59. The Labute approximate surface area is 96.1 Å². The van der Waals surface area contributed by atoms with Gasteiger partial charge in [-0.15, -0.1) is 0 Å². The van der Waals surface area contributed by atoms with E-state index in [1.54, 1.807) is 12.1 Å². The summed E-state index contributed by atoms with van der Waals surface area (Å²) in [6.07, 6.45) is -0.166. The largest absolute Gasteiger partial charge is 0.508 e. The summed E-state index contributed by atoms with van der Waals surface area (Å²) in [6, 6.07) is 4.79. The molecule has 1 rings (SSSR count). The first-order valence-electron chi connectivity index (χ1n) is 5.44.